The standard InChI is InChI=1S/C21H27BrN4O2/c1-12(2)26-10-15(5)20-17(7-16(22)8-18(20)26)21(28)24-9-14(4)13(3)6-19(23)25-11-27/h6-8,10-12H,9,23H2,1-5H3,(H,24,28)(H,25,27)/b14-13+,19-6-. The molecule has 4 N–H and O–H groups in total. The third-order valence-corrected chi connectivity index (χ3v) is 5.13. The molecule has 1 aromatic heterocycles. The third-order valence-electron chi connectivity index (χ3n) is 4.67. The predicted molar refractivity (Wildman–Crippen MR) is 117 cm³/mol. The maximum absolute atomic E-state index is 12.9. The number of allylic oxidation sites excluding steroid dienone is 2. The molecule has 0 aliphatic rings. The molecule has 6 nitrogen and oxygen atoms in total. The van der Waals surface area contributed by atoms with Gasteiger partial charge in [-0.15, -0.1) is 0 Å². The van der Waals surface area contributed by atoms with E-state index in [2.05, 4.69) is 51.2 Å². The molecular formula is C21H27BrN4O2. The summed E-state index contributed by atoms with van der Waals surface area (Å²) in [4.78, 5) is 23.4. The van der Waals surface area contributed by atoms with Crippen LogP contribution in [0.1, 0.15) is 49.7 Å². The van der Waals surface area contributed by atoms with Gasteiger partial charge in [0, 0.05) is 28.6 Å². The molecule has 0 unspecified atom stereocenters. The number of carbonyl (C=O) groups excluding carboxylic acids is 2. The zero-order valence-corrected chi connectivity index (χ0v) is 18.5. The molecule has 28 heavy (non-hydrogen) atoms. The van der Waals surface area contributed by atoms with Crippen molar-refractivity contribution in [2.75, 3.05) is 6.54 Å². The summed E-state index contributed by atoms with van der Waals surface area (Å²) < 4.78 is 3.04. The van der Waals surface area contributed by atoms with Crippen LogP contribution in [0.3, 0.4) is 0 Å². The quantitative estimate of drug-likeness (QED) is 0.444. The van der Waals surface area contributed by atoms with Crippen LogP contribution in [0.5, 0.6) is 0 Å². The molecule has 1 aromatic carbocycles. The largest absolute Gasteiger partial charge is 0.385 e. The molecule has 0 aliphatic heterocycles. The molecule has 0 saturated heterocycles. The average Bonchev–Trinajstić information content (AvgIpc) is 2.95. The Kier molecular flexibility index (Phi) is 7.07. The lowest BCUT2D eigenvalue weighted by Crippen LogP contribution is -2.26. The molecule has 0 fully saturated rings. The smallest absolute Gasteiger partial charge is 0.252 e. The number of rotatable bonds is 7. The van der Waals surface area contributed by atoms with Crippen LogP contribution in [0.15, 0.2) is 45.8 Å². The summed E-state index contributed by atoms with van der Waals surface area (Å²) in [7, 11) is 0. The van der Waals surface area contributed by atoms with Gasteiger partial charge in [0.05, 0.1) is 11.1 Å². The van der Waals surface area contributed by atoms with E-state index >= 15 is 0 Å². The summed E-state index contributed by atoms with van der Waals surface area (Å²) in [5, 5.41) is 6.34. The zero-order chi connectivity index (χ0) is 21.0. The van der Waals surface area contributed by atoms with Crippen molar-refractivity contribution in [3.63, 3.8) is 0 Å². The van der Waals surface area contributed by atoms with Gasteiger partial charge in [0.25, 0.3) is 5.91 Å². The number of benzene rings is 1. The van der Waals surface area contributed by atoms with E-state index in [0.717, 1.165) is 32.1 Å². The molecule has 0 atom stereocenters. The van der Waals surface area contributed by atoms with E-state index < -0.39 is 0 Å². The van der Waals surface area contributed by atoms with Crippen LogP contribution in [0.4, 0.5) is 0 Å². The summed E-state index contributed by atoms with van der Waals surface area (Å²) in [5.41, 5.74) is 10.3. The lowest BCUT2D eigenvalue weighted by Gasteiger charge is -2.12. The highest BCUT2D eigenvalue weighted by Crippen LogP contribution is 2.30. The van der Waals surface area contributed by atoms with Crippen molar-refractivity contribution < 1.29 is 9.59 Å². The molecule has 0 spiro atoms. The maximum atomic E-state index is 12.9. The van der Waals surface area contributed by atoms with E-state index in [1.165, 1.54) is 0 Å². The maximum Gasteiger partial charge on any atom is 0.252 e. The van der Waals surface area contributed by atoms with Gasteiger partial charge < -0.3 is 20.9 Å². The minimum Gasteiger partial charge on any atom is -0.385 e. The predicted octanol–water partition coefficient (Wildman–Crippen LogP) is 3.91. The molecule has 2 rings (SSSR count). The molecular weight excluding hydrogens is 420 g/mol. The van der Waals surface area contributed by atoms with Crippen LogP contribution in [0.2, 0.25) is 0 Å². The second-order valence-electron chi connectivity index (χ2n) is 7.17. The summed E-state index contributed by atoms with van der Waals surface area (Å²) in [5.74, 6) is 0.128. The lowest BCUT2D eigenvalue weighted by atomic mass is 10.1. The van der Waals surface area contributed by atoms with Crippen molar-refractivity contribution in [3.05, 3.63) is 57.0 Å². The molecule has 1 heterocycles. The van der Waals surface area contributed by atoms with Gasteiger partial charge in [-0.3, -0.25) is 9.59 Å². The Labute approximate surface area is 174 Å². The fraction of sp³-hybridized carbons (Fsp3) is 0.333. The SMILES string of the molecule is CC(/C=C(/N)NC=O)=C(/C)CNC(=O)c1cc(Br)cc2c1c(C)cn2C(C)C. The van der Waals surface area contributed by atoms with Gasteiger partial charge in [0.1, 0.15) is 5.82 Å². The number of amides is 2. The highest BCUT2D eigenvalue weighted by Gasteiger charge is 2.17. The molecule has 0 radical (unpaired) electrons. The molecule has 150 valence electrons. The van der Waals surface area contributed by atoms with Crippen LogP contribution in [0.25, 0.3) is 10.9 Å². The average molecular weight is 447 g/mol. The van der Waals surface area contributed by atoms with Gasteiger partial charge in [-0.25, -0.2) is 0 Å². The first kappa shape index (κ1) is 21.8. The van der Waals surface area contributed by atoms with E-state index in [0.29, 0.717) is 24.6 Å². The molecule has 2 aromatic rings. The number of nitrogens with one attached hydrogen (secondary N) is 2. The van der Waals surface area contributed by atoms with Crippen LogP contribution >= 0.6 is 15.9 Å². The molecule has 0 saturated carbocycles. The van der Waals surface area contributed by atoms with E-state index in [4.69, 9.17) is 5.73 Å². The van der Waals surface area contributed by atoms with E-state index in [1.807, 2.05) is 32.9 Å². The minimum absolute atomic E-state index is 0.133. The number of aryl methyl sites for hydroxylation is 1. The molecule has 0 aliphatic carbocycles. The number of fused-ring (bicyclic) bond motifs is 1. The summed E-state index contributed by atoms with van der Waals surface area (Å²) in [6, 6.07) is 4.20. The number of nitrogens with two attached hydrogens (primary N) is 1. The fourth-order valence-corrected chi connectivity index (χ4v) is 3.52. The van der Waals surface area contributed by atoms with Gasteiger partial charge in [0.2, 0.25) is 6.41 Å². The van der Waals surface area contributed by atoms with Crippen molar-refractivity contribution in [2.45, 2.75) is 40.7 Å². The Balaban J connectivity index is 2.31. The normalized spacial score (nSPS) is 12.9. The van der Waals surface area contributed by atoms with Gasteiger partial charge in [0.15, 0.2) is 0 Å². The topological polar surface area (TPSA) is 89.2 Å². The number of aromatic nitrogens is 1. The first-order valence-corrected chi connectivity index (χ1v) is 9.87. The summed E-state index contributed by atoms with van der Waals surface area (Å²) in [6.45, 7) is 10.4. The van der Waals surface area contributed by atoms with E-state index in [-0.39, 0.29) is 11.7 Å². The summed E-state index contributed by atoms with van der Waals surface area (Å²) >= 11 is 3.53. The van der Waals surface area contributed by atoms with Crippen LogP contribution in [-0.4, -0.2) is 23.4 Å². The van der Waals surface area contributed by atoms with Gasteiger partial charge in [-0.05, 0) is 64.0 Å². The second-order valence-corrected chi connectivity index (χ2v) is 8.08. The fourth-order valence-electron chi connectivity index (χ4n) is 3.07. The summed E-state index contributed by atoms with van der Waals surface area (Å²) in [6.07, 6.45) is 4.28. The Morgan fingerprint density at radius 3 is 2.61 bits per heavy atom. The van der Waals surface area contributed by atoms with Crippen molar-refractivity contribution in [3.8, 4) is 0 Å². The number of nitrogens with zero attached hydrogens (tertiary/aromatic N) is 1. The van der Waals surface area contributed by atoms with Gasteiger partial charge in [-0.1, -0.05) is 21.5 Å². The first-order chi connectivity index (χ1) is 13.1. The Bertz CT molecular complexity index is 970. The highest BCUT2D eigenvalue weighted by molar-refractivity contribution is 9.10. The van der Waals surface area contributed by atoms with Gasteiger partial charge in [-0.2, -0.15) is 0 Å². The van der Waals surface area contributed by atoms with Crippen molar-refractivity contribution in [1.29, 1.82) is 0 Å². The Morgan fingerprint density at radius 1 is 1.32 bits per heavy atom. The van der Waals surface area contributed by atoms with E-state index in [9.17, 15) is 9.59 Å². The number of carbonyl (C=O) groups is 2. The lowest BCUT2D eigenvalue weighted by molar-refractivity contribution is -0.108. The van der Waals surface area contributed by atoms with Gasteiger partial charge >= 0.3 is 0 Å². The number of halogens is 1. The van der Waals surface area contributed by atoms with Crippen molar-refractivity contribution in [1.82, 2.24) is 15.2 Å². The highest BCUT2D eigenvalue weighted by atomic mass is 79.9. The van der Waals surface area contributed by atoms with Crippen LogP contribution in [0, 0.1) is 6.92 Å². The number of hydrogen-bond acceptors (Lipinski definition) is 3. The van der Waals surface area contributed by atoms with Crippen LogP contribution in [-0.2, 0) is 4.79 Å². The Hall–Kier alpha value is -2.54. The van der Waals surface area contributed by atoms with E-state index in [1.54, 1.807) is 6.08 Å². The van der Waals surface area contributed by atoms with Crippen LogP contribution < -0.4 is 16.4 Å². The monoisotopic (exact) mass is 446 g/mol. The molecule has 0 bridgehead atoms. The number of hydrogen-bond donors (Lipinski definition) is 3. The zero-order valence-electron chi connectivity index (χ0n) is 16.9. The molecule has 7 heteroatoms. The molecule has 2 amide bonds. The third kappa shape index (κ3) is 4.84. The minimum atomic E-state index is -0.133. The second kappa shape index (κ2) is 9.10. The van der Waals surface area contributed by atoms with Crippen molar-refractivity contribution >= 4 is 39.2 Å². The van der Waals surface area contributed by atoms with Crippen molar-refractivity contribution in [2.24, 2.45) is 5.73 Å². The first-order valence-electron chi connectivity index (χ1n) is 9.08. The Morgan fingerprint density at radius 2 is 2.00 bits per heavy atom.